The van der Waals surface area contributed by atoms with E-state index < -0.39 is 5.97 Å². The highest BCUT2D eigenvalue weighted by molar-refractivity contribution is 5.98. The Morgan fingerprint density at radius 3 is 2.77 bits per heavy atom. The molecule has 0 aromatic heterocycles. The largest absolute Gasteiger partial charge is 0.507 e. The van der Waals surface area contributed by atoms with Gasteiger partial charge in [-0.2, -0.15) is 0 Å². The lowest BCUT2D eigenvalue weighted by atomic mass is 9.94. The average molecular weight is 420 g/mol. The Morgan fingerprint density at radius 1 is 1.27 bits per heavy atom. The van der Waals surface area contributed by atoms with Crippen LogP contribution in [-0.2, 0) is 27.2 Å². The van der Waals surface area contributed by atoms with E-state index in [-0.39, 0.29) is 17.9 Å². The van der Waals surface area contributed by atoms with Crippen LogP contribution in [-0.4, -0.2) is 69.1 Å². The second-order valence-corrected chi connectivity index (χ2v) is 7.84. The summed E-state index contributed by atoms with van der Waals surface area (Å²) in [5, 5.41) is 10.7. The molecule has 2 heterocycles. The third kappa shape index (κ3) is 5.33. The first-order valence-corrected chi connectivity index (χ1v) is 10.6. The average Bonchev–Trinajstić information content (AvgIpc) is 3.15. The molecule has 2 aliphatic rings. The molecular formula is C23H33NO6. The molecule has 7 nitrogen and oxygen atoms in total. The zero-order valence-electron chi connectivity index (χ0n) is 18.3. The molecular weight excluding hydrogens is 386 g/mol. The fourth-order valence-electron chi connectivity index (χ4n) is 3.98. The van der Waals surface area contributed by atoms with Gasteiger partial charge in [-0.05, 0) is 38.7 Å². The molecule has 0 spiro atoms. The molecule has 7 heteroatoms. The molecule has 1 aromatic rings. The maximum absolute atomic E-state index is 12.0. The Labute approximate surface area is 178 Å². The summed E-state index contributed by atoms with van der Waals surface area (Å²) in [4.78, 5) is 14.4. The third-order valence-corrected chi connectivity index (χ3v) is 5.82. The van der Waals surface area contributed by atoms with Gasteiger partial charge in [-0.15, -0.1) is 0 Å². The lowest BCUT2D eigenvalue weighted by Gasteiger charge is -2.26. The molecule has 30 heavy (non-hydrogen) atoms. The highest BCUT2D eigenvalue weighted by Crippen LogP contribution is 2.42. The van der Waals surface area contributed by atoms with Crippen LogP contribution in [0.5, 0.6) is 11.5 Å². The molecule has 1 saturated heterocycles. The topological polar surface area (TPSA) is 77.5 Å². The Balaban J connectivity index is 1.48. The number of hydrogen-bond donors (Lipinski definition) is 1. The monoisotopic (exact) mass is 419 g/mol. The van der Waals surface area contributed by atoms with Crippen LogP contribution >= 0.6 is 0 Å². The number of nitrogens with zero attached hydrogens (tertiary/aromatic N) is 1. The van der Waals surface area contributed by atoms with Crippen LogP contribution in [0.15, 0.2) is 11.6 Å². The third-order valence-electron chi connectivity index (χ3n) is 5.82. The van der Waals surface area contributed by atoms with Crippen LogP contribution in [0.25, 0.3) is 0 Å². The number of methoxy groups -OCH3 is 1. The van der Waals surface area contributed by atoms with E-state index >= 15 is 0 Å². The number of benzene rings is 1. The van der Waals surface area contributed by atoms with Crippen LogP contribution in [0.1, 0.15) is 46.8 Å². The summed E-state index contributed by atoms with van der Waals surface area (Å²) in [7, 11) is 1.58. The fraction of sp³-hybridized carbons (Fsp3) is 0.609. The van der Waals surface area contributed by atoms with E-state index in [9.17, 15) is 9.90 Å². The number of ether oxygens (including phenoxy) is 4. The number of carbonyl (C=O) groups excluding carboxylic acids is 1. The fourth-order valence-corrected chi connectivity index (χ4v) is 3.98. The Morgan fingerprint density at radius 2 is 2.03 bits per heavy atom. The number of allylic oxidation sites excluding steroid dienone is 2. The summed E-state index contributed by atoms with van der Waals surface area (Å²) in [5.74, 6) is 0.134. The first-order chi connectivity index (χ1) is 14.5. The zero-order chi connectivity index (χ0) is 21.5. The van der Waals surface area contributed by atoms with Gasteiger partial charge in [0.25, 0.3) is 0 Å². The van der Waals surface area contributed by atoms with E-state index in [0.29, 0.717) is 23.3 Å². The van der Waals surface area contributed by atoms with E-state index in [1.165, 1.54) is 5.57 Å². The molecule has 1 N–H and O–H groups in total. The smallest absolute Gasteiger partial charge is 0.342 e. The van der Waals surface area contributed by atoms with Crippen molar-refractivity contribution in [1.82, 2.24) is 4.90 Å². The van der Waals surface area contributed by atoms with E-state index in [4.69, 9.17) is 18.9 Å². The minimum Gasteiger partial charge on any atom is -0.507 e. The van der Waals surface area contributed by atoms with Crippen LogP contribution in [0.3, 0.4) is 0 Å². The highest BCUT2D eigenvalue weighted by atomic mass is 16.5. The number of hydrogen-bond acceptors (Lipinski definition) is 7. The SMILES string of the molecule is COc1c(C)c2c(c(O)c1C/C=C(\C)CCCOCCN1CCOCC1)C(=O)OC2. The van der Waals surface area contributed by atoms with Crippen LogP contribution in [0, 0.1) is 6.92 Å². The second kappa shape index (κ2) is 10.8. The van der Waals surface area contributed by atoms with E-state index in [1.54, 1.807) is 7.11 Å². The minimum absolute atomic E-state index is 0.0227. The van der Waals surface area contributed by atoms with Crippen molar-refractivity contribution >= 4 is 5.97 Å². The Bertz CT molecular complexity index is 783. The van der Waals surface area contributed by atoms with Crippen LogP contribution in [0.4, 0.5) is 0 Å². The molecule has 166 valence electrons. The summed E-state index contributed by atoms with van der Waals surface area (Å²) < 4.78 is 21.7. The molecule has 0 amide bonds. The van der Waals surface area contributed by atoms with Gasteiger partial charge in [-0.3, -0.25) is 4.90 Å². The van der Waals surface area contributed by atoms with Gasteiger partial charge in [0.15, 0.2) is 0 Å². The van der Waals surface area contributed by atoms with Gasteiger partial charge in [-0.25, -0.2) is 4.79 Å². The summed E-state index contributed by atoms with van der Waals surface area (Å²) >= 11 is 0. The van der Waals surface area contributed by atoms with Gasteiger partial charge in [0, 0.05) is 37.4 Å². The Hall–Kier alpha value is -2.09. The molecule has 2 aliphatic heterocycles. The van der Waals surface area contributed by atoms with Gasteiger partial charge in [0.05, 0.1) is 26.9 Å². The van der Waals surface area contributed by atoms with Crippen molar-refractivity contribution < 1.29 is 28.8 Å². The number of cyclic esters (lactones) is 1. The summed E-state index contributed by atoms with van der Waals surface area (Å²) in [5.41, 5.74) is 3.70. The summed E-state index contributed by atoms with van der Waals surface area (Å²) in [6.45, 7) is 10.2. The molecule has 0 unspecified atom stereocenters. The number of phenols is 1. The normalized spacial score (nSPS) is 17.2. The van der Waals surface area contributed by atoms with Crippen molar-refractivity contribution in [3.63, 3.8) is 0 Å². The highest BCUT2D eigenvalue weighted by Gasteiger charge is 2.31. The van der Waals surface area contributed by atoms with Crippen molar-refractivity contribution in [1.29, 1.82) is 0 Å². The van der Waals surface area contributed by atoms with Gasteiger partial charge in [-0.1, -0.05) is 11.6 Å². The van der Waals surface area contributed by atoms with Crippen LogP contribution < -0.4 is 4.74 Å². The van der Waals surface area contributed by atoms with Gasteiger partial charge in [0.1, 0.15) is 23.7 Å². The number of aromatic hydroxyl groups is 1. The van der Waals surface area contributed by atoms with Crippen molar-refractivity contribution in [3.05, 3.63) is 33.9 Å². The first-order valence-electron chi connectivity index (χ1n) is 10.6. The number of carbonyl (C=O) groups is 1. The molecule has 1 aromatic carbocycles. The molecule has 0 atom stereocenters. The summed E-state index contributed by atoms with van der Waals surface area (Å²) in [6, 6.07) is 0. The van der Waals surface area contributed by atoms with E-state index in [0.717, 1.165) is 64.5 Å². The van der Waals surface area contributed by atoms with Crippen LogP contribution in [0.2, 0.25) is 0 Å². The van der Waals surface area contributed by atoms with E-state index in [2.05, 4.69) is 17.9 Å². The first kappa shape index (κ1) is 22.6. The second-order valence-electron chi connectivity index (χ2n) is 7.84. The quantitative estimate of drug-likeness (QED) is 0.355. The molecule has 0 aliphatic carbocycles. The number of rotatable bonds is 10. The predicted molar refractivity (Wildman–Crippen MR) is 113 cm³/mol. The van der Waals surface area contributed by atoms with Crippen molar-refractivity contribution in [3.8, 4) is 11.5 Å². The molecule has 0 saturated carbocycles. The summed E-state index contributed by atoms with van der Waals surface area (Å²) in [6.07, 6.45) is 4.45. The molecule has 3 rings (SSSR count). The molecule has 0 bridgehead atoms. The molecule has 1 fully saturated rings. The van der Waals surface area contributed by atoms with E-state index in [1.807, 2.05) is 6.92 Å². The van der Waals surface area contributed by atoms with Crippen molar-refractivity contribution in [2.45, 2.75) is 39.7 Å². The standard InChI is InChI=1S/C23H33NO6/c1-16(5-4-11-28-12-8-24-9-13-29-14-10-24)6-7-18-21(25)20-19(15-30-23(20)26)17(2)22(18)27-3/h6,25H,4-5,7-15H2,1-3H3/b16-6+. The maximum atomic E-state index is 12.0. The number of fused-ring (bicyclic) bond motifs is 1. The van der Waals surface area contributed by atoms with Crippen molar-refractivity contribution in [2.75, 3.05) is 53.2 Å². The number of esters is 1. The molecule has 0 radical (unpaired) electrons. The zero-order valence-corrected chi connectivity index (χ0v) is 18.3. The number of phenolic OH excluding ortho intramolecular Hbond substituents is 1. The lowest BCUT2D eigenvalue weighted by Crippen LogP contribution is -2.38. The van der Waals surface area contributed by atoms with Gasteiger partial charge >= 0.3 is 5.97 Å². The number of morpholine rings is 1. The lowest BCUT2D eigenvalue weighted by molar-refractivity contribution is 0.0202. The maximum Gasteiger partial charge on any atom is 0.342 e. The minimum atomic E-state index is -0.468. The van der Waals surface area contributed by atoms with Crippen molar-refractivity contribution in [2.24, 2.45) is 0 Å². The van der Waals surface area contributed by atoms with Gasteiger partial charge < -0.3 is 24.1 Å². The van der Waals surface area contributed by atoms with Gasteiger partial charge in [0.2, 0.25) is 0 Å². The predicted octanol–water partition coefficient (Wildman–Crippen LogP) is 3.00. The Kier molecular flexibility index (Phi) is 8.13.